The first kappa shape index (κ1) is 18.0. The van der Waals surface area contributed by atoms with Crippen molar-refractivity contribution in [3.8, 4) is 0 Å². The SMILES string of the molecule is O=C(Nc1ccccc1Cl)c1cccn(OCc2cccc(Cl)c2)c1=O. The molecule has 3 aromatic rings. The molecule has 7 heteroatoms. The van der Waals surface area contributed by atoms with Crippen molar-refractivity contribution >= 4 is 34.8 Å². The number of carbonyl (C=O) groups excluding carboxylic acids is 1. The predicted molar refractivity (Wildman–Crippen MR) is 102 cm³/mol. The highest BCUT2D eigenvalue weighted by Gasteiger charge is 2.14. The monoisotopic (exact) mass is 388 g/mol. The van der Waals surface area contributed by atoms with Gasteiger partial charge in [-0.25, -0.2) is 0 Å². The number of benzene rings is 2. The van der Waals surface area contributed by atoms with Crippen LogP contribution in [0.25, 0.3) is 0 Å². The van der Waals surface area contributed by atoms with Crippen LogP contribution in [0, 0.1) is 0 Å². The molecule has 3 rings (SSSR count). The molecule has 1 aromatic heterocycles. The minimum Gasteiger partial charge on any atom is -0.406 e. The largest absolute Gasteiger partial charge is 0.406 e. The topological polar surface area (TPSA) is 60.3 Å². The molecule has 2 aromatic carbocycles. The predicted octanol–water partition coefficient (Wildman–Crippen LogP) is 4.04. The summed E-state index contributed by atoms with van der Waals surface area (Å²) < 4.78 is 1.02. The maximum atomic E-state index is 12.5. The van der Waals surface area contributed by atoms with Crippen molar-refractivity contribution in [2.45, 2.75) is 6.61 Å². The van der Waals surface area contributed by atoms with Crippen LogP contribution < -0.4 is 15.7 Å². The number of nitrogens with one attached hydrogen (secondary N) is 1. The molecular formula is C19H14Cl2N2O3. The van der Waals surface area contributed by atoms with E-state index in [0.717, 1.165) is 10.3 Å². The Morgan fingerprint density at radius 1 is 1.04 bits per heavy atom. The van der Waals surface area contributed by atoms with Crippen LogP contribution in [0.1, 0.15) is 15.9 Å². The smallest absolute Gasteiger partial charge is 0.295 e. The van der Waals surface area contributed by atoms with E-state index in [1.807, 2.05) is 6.07 Å². The fourth-order valence-corrected chi connectivity index (χ4v) is 2.67. The molecule has 1 heterocycles. The summed E-state index contributed by atoms with van der Waals surface area (Å²) in [5.41, 5.74) is 0.599. The van der Waals surface area contributed by atoms with Gasteiger partial charge in [0.2, 0.25) is 0 Å². The van der Waals surface area contributed by atoms with Crippen LogP contribution in [0.4, 0.5) is 5.69 Å². The molecule has 26 heavy (non-hydrogen) atoms. The zero-order valence-electron chi connectivity index (χ0n) is 13.5. The summed E-state index contributed by atoms with van der Waals surface area (Å²) in [6, 6.07) is 16.9. The van der Waals surface area contributed by atoms with Crippen LogP contribution in [0.2, 0.25) is 10.0 Å². The first-order valence-electron chi connectivity index (χ1n) is 7.70. The van der Waals surface area contributed by atoms with Crippen LogP contribution in [-0.2, 0) is 6.61 Å². The van der Waals surface area contributed by atoms with Crippen molar-refractivity contribution in [2.75, 3.05) is 5.32 Å². The Morgan fingerprint density at radius 3 is 2.62 bits per heavy atom. The molecule has 0 aliphatic carbocycles. The highest BCUT2D eigenvalue weighted by Crippen LogP contribution is 2.20. The third kappa shape index (κ3) is 4.25. The molecule has 5 nitrogen and oxygen atoms in total. The quantitative estimate of drug-likeness (QED) is 0.717. The van der Waals surface area contributed by atoms with Crippen LogP contribution in [-0.4, -0.2) is 10.6 Å². The summed E-state index contributed by atoms with van der Waals surface area (Å²) in [5, 5.41) is 3.58. The molecule has 0 saturated heterocycles. The number of carbonyl (C=O) groups is 1. The third-order valence-corrected chi connectivity index (χ3v) is 4.11. The van der Waals surface area contributed by atoms with Gasteiger partial charge in [-0.05, 0) is 42.0 Å². The molecule has 0 radical (unpaired) electrons. The summed E-state index contributed by atoms with van der Waals surface area (Å²) in [6.07, 6.45) is 1.44. The highest BCUT2D eigenvalue weighted by atomic mass is 35.5. The minimum atomic E-state index is -0.570. The number of hydrogen-bond donors (Lipinski definition) is 1. The summed E-state index contributed by atoms with van der Waals surface area (Å²) in [6.45, 7) is 0.135. The maximum absolute atomic E-state index is 12.5. The van der Waals surface area contributed by atoms with E-state index in [-0.39, 0.29) is 12.2 Å². The number of amides is 1. The first-order valence-corrected chi connectivity index (χ1v) is 8.45. The van der Waals surface area contributed by atoms with E-state index in [1.165, 1.54) is 12.3 Å². The molecule has 0 unspecified atom stereocenters. The van der Waals surface area contributed by atoms with E-state index in [1.54, 1.807) is 48.5 Å². The van der Waals surface area contributed by atoms with Gasteiger partial charge in [0, 0.05) is 11.2 Å². The van der Waals surface area contributed by atoms with Crippen molar-refractivity contribution in [3.63, 3.8) is 0 Å². The van der Waals surface area contributed by atoms with Gasteiger partial charge in [-0.15, -0.1) is 0 Å². The molecule has 1 amide bonds. The Balaban J connectivity index is 1.77. The molecule has 0 fully saturated rings. The lowest BCUT2D eigenvalue weighted by molar-refractivity contribution is 0.0863. The van der Waals surface area contributed by atoms with Crippen LogP contribution in [0.3, 0.4) is 0 Å². The number of nitrogens with zero attached hydrogens (tertiary/aromatic N) is 1. The maximum Gasteiger partial charge on any atom is 0.295 e. The van der Waals surface area contributed by atoms with E-state index in [0.29, 0.717) is 15.7 Å². The number of para-hydroxylation sites is 1. The molecule has 0 aliphatic heterocycles. The lowest BCUT2D eigenvalue weighted by atomic mass is 10.2. The van der Waals surface area contributed by atoms with E-state index >= 15 is 0 Å². The lowest BCUT2D eigenvalue weighted by Gasteiger charge is -2.11. The number of hydrogen-bond acceptors (Lipinski definition) is 3. The van der Waals surface area contributed by atoms with Gasteiger partial charge in [0.05, 0.1) is 10.7 Å². The van der Waals surface area contributed by atoms with Crippen molar-refractivity contribution < 1.29 is 9.63 Å². The van der Waals surface area contributed by atoms with Gasteiger partial charge in [-0.3, -0.25) is 9.59 Å². The normalized spacial score (nSPS) is 10.4. The molecule has 0 aliphatic rings. The standard InChI is InChI=1S/C19H14Cl2N2O3/c20-14-6-3-5-13(11-14)12-26-23-10-4-7-15(19(23)25)18(24)22-17-9-2-1-8-16(17)21/h1-11H,12H2,(H,22,24). The van der Waals surface area contributed by atoms with Gasteiger partial charge in [-0.1, -0.05) is 47.5 Å². The van der Waals surface area contributed by atoms with Crippen molar-refractivity contribution in [1.82, 2.24) is 4.73 Å². The lowest BCUT2D eigenvalue weighted by Crippen LogP contribution is -2.32. The number of pyridine rings is 1. The summed E-state index contributed by atoms with van der Waals surface area (Å²) in [4.78, 5) is 30.4. The molecule has 132 valence electrons. The molecule has 0 spiro atoms. The first-order chi connectivity index (χ1) is 12.5. The second-order valence-electron chi connectivity index (χ2n) is 5.39. The van der Waals surface area contributed by atoms with Gasteiger partial charge in [0.25, 0.3) is 11.5 Å². The van der Waals surface area contributed by atoms with E-state index in [2.05, 4.69) is 5.32 Å². The average molecular weight is 389 g/mol. The molecule has 1 N–H and O–H groups in total. The Hall–Kier alpha value is -2.76. The number of halogens is 2. The summed E-state index contributed by atoms with van der Waals surface area (Å²) in [7, 11) is 0. The van der Waals surface area contributed by atoms with Gasteiger partial charge < -0.3 is 10.2 Å². The number of aromatic nitrogens is 1. The van der Waals surface area contributed by atoms with Crippen LogP contribution >= 0.6 is 23.2 Å². The third-order valence-electron chi connectivity index (χ3n) is 3.54. The average Bonchev–Trinajstić information content (AvgIpc) is 2.63. The molecule has 0 atom stereocenters. The van der Waals surface area contributed by atoms with E-state index in [9.17, 15) is 9.59 Å². The van der Waals surface area contributed by atoms with E-state index < -0.39 is 11.5 Å². The van der Waals surface area contributed by atoms with Crippen molar-refractivity contribution in [2.24, 2.45) is 0 Å². The summed E-state index contributed by atoms with van der Waals surface area (Å²) >= 11 is 12.0. The highest BCUT2D eigenvalue weighted by molar-refractivity contribution is 6.33. The summed E-state index contributed by atoms with van der Waals surface area (Å²) in [5.74, 6) is -0.566. The van der Waals surface area contributed by atoms with Gasteiger partial charge in [0.1, 0.15) is 12.2 Å². The van der Waals surface area contributed by atoms with E-state index in [4.69, 9.17) is 28.0 Å². The van der Waals surface area contributed by atoms with Crippen molar-refractivity contribution in [1.29, 1.82) is 0 Å². The fraction of sp³-hybridized carbons (Fsp3) is 0.0526. The number of rotatable bonds is 5. The Labute approximate surface area is 159 Å². The van der Waals surface area contributed by atoms with Gasteiger partial charge in [0.15, 0.2) is 0 Å². The molecule has 0 saturated carbocycles. The van der Waals surface area contributed by atoms with Crippen LogP contribution in [0.5, 0.6) is 0 Å². The Bertz CT molecular complexity index is 1000. The second kappa shape index (κ2) is 8.08. The Kier molecular flexibility index (Phi) is 5.61. The van der Waals surface area contributed by atoms with Gasteiger partial charge >= 0.3 is 0 Å². The second-order valence-corrected chi connectivity index (χ2v) is 6.23. The zero-order valence-corrected chi connectivity index (χ0v) is 15.0. The van der Waals surface area contributed by atoms with Gasteiger partial charge in [-0.2, -0.15) is 4.73 Å². The molecular weight excluding hydrogens is 375 g/mol. The minimum absolute atomic E-state index is 0.0569. The zero-order chi connectivity index (χ0) is 18.5. The Morgan fingerprint density at radius 2 is 1.85 bits per heavy atom. The van der Waals surface area contributed by atoms with Crippen LogP contribution in [0.15, 0.2) is 71.7 Å². The molecule has 0 bridgehead atoms. The fourth-order valence-electron chi connectivity index (χ4n) is 2.27. The number of anilines is 1. The van der Waals surface area contributed by atoms with Crippen molar-refractivity contribution in [3.05, 3.63) is 98.4 Å².